The SMILES string of the molecule is OC1C[C@@H]2O[C@H](COCc3ccccc3)C[C@@H]2O1. The maximum absolute atomic E-state index is 9.31. The van der Waals surface area contributed by atoms with Crippen molar-refractivity contribution < 1.29 is 19.3 Å². The molecule has 0 bridgehead atoms. The van der Waals surface area contributed by atoms with Crippen LogP contribution in [0.15, 0.2) is 30.3 Å². The fraction of sp³-hybridized carbons (Fsp3) is 0.571. The molecule has 0 aromatic heterocycles. The second-order valence-electron chi connectivity index (χ2n) is 4.90. The van der Waals surface area contributed by atoms with Crippen LogP contribution in [0.5, 0.6) is 0 Å². The molecule has 0 spiro atoms. The monoisotopic (exact) mass is 250 g/mol. The molecule has 98 valence electrons. The lowest BCUT2D eigenvalue weighted by atomic mass is 10.1. The zero-order chi connectivity index (χ0) is 12.4. The van der Waals surface area contributed by atoms with Gasteiger partial charge in [-0.25, -0.2) is 0 Å². The molecule has 0 amide bonds. The fourth-order valence-electron chi connectivity index (χ4n) is 2.60. The van der Waals surface area contributed by atoms with Gasteiger partial charge in [0.25, 0.3) is 0 Å². The van der Waals surface area contributed by atoms with Gasteiger partial charge in [-0.05, 0) is 5.56 Å². The van der Waals surface area contributed by atoms with E-state index in [2.05, 4.69) is 0 Å². The van der Waals surface area contributed by atoms with Crippen LogP contribution in [0, 0.1) is 0 Å². The van der Waals surface area contributed by atoms with E-state index in [0.717, 1.165) is 6.42 Å². The molecular weight excluding hydrogens is 232 g/mol. The third kappa shape index (κ3) is 2.72. The first kappa shape index (κ1) is 12.1. The number of hydrogen-bond donors (Lipinski definition) is 1. The number of fused-ring (bicyclic) bond motifs is 1. The largest absolute Gasteiger partial charge is 0.374 e. The van der Waals surface area contributed by atoms with E-state index in [1.807, 2.05) is 30.3 Å². The standard InChI is InChI=1S/C14H18O4/c15-14-7-13-12(18-14)6-11(17-13)9-16-8-10-4-2-1-3-5-10/h1-5,11-15H,6-9H2/t11-,12-,13-,14?/m0/s1. The Morgan fingerprint density at radius 3 is 2.67 bits per heavy atom. The van der Waals surface area contributed by atoms with E-state index in [9.17, 15) is 5.11 Å². The van der Waals surface area contributed by atoms with Crippen molar-refractivity contribution in [3.8, 4) is 0 Å². The van der Waals surface area contributed by atoms with E-state index >= 15 is 0 Å². The summed E-state index contributed by atoms with van der Waals surface area (Å²) in [5.41, 5.74) is 1.17. The normalized spacial score (nSPS) is 34.7. The molecule has 2 aliphatic heterocycles. The smallest absolute Gasteiger partial charge is 0.157 e. The highest BCUT2D eigenvalue weighted by Crippen LogP contribution is 2.33. The van der Waals surface area contributed by atoms with E-state index in [4.69, 9.17) is 14.2 Å². The Balaban J connectivity index is 1.41. The summed E-state index contributed by atoms with van der Waals surface area (Å²) in [7, 11) is 0. The lowest BCUT2D eigenvalue weighted by Gasteiger charge is -2.13. The molecule has 18 heavy (non-hydrogen) atoms. The number of aliphatic hydroxyl groups is 1. The second kappa shape index (κ2) is 5.36. The lowest BCUT2D eigenvalue weighted by molar-refractivity contribution is -0.0929. The van der Waals surface area contributed by atoms with Crippen LogP contribution in [0.2, 0.25) is 0 Å². The molecular formula is C14H18O4. The Hall–Kier alpha value is -0.940. The molecule has 0 radical (unpaired) electrons. The van der Waals surface area contributed by atoms with Gasteiger partial charge >= 0.3 is 0 Å². The maximum atomic E-state index is 9.31. The number of ether oxygens (including phenoxy) is 3. The van der Waals surface area contributed by atoms with E-state index in [-0.39, 0.29) is 18.3 Å². The van der Waals surface area contributed by atoms with Crippen LogP contribution in [0.1, 0.15) is 18.4 Å². The first-order valence-electron chi connectivity index (χ1n) is 6.42. The van der Waals surface area contributed by atoms with E-state index in [1.165, 1.54) is 5.56 Å². The van der Waals surface area contributed by atoms with Crippen LogP contribution < -0.4 is 0 Å². The van der Waals surface area contributed by atoms with Crippen molar-refractivity contribution in [1.29, 1.82) is 0 Å². The molecule has 1 aromatic rings. The van der Waals surface area contributed by atoms with Crippen molar-refractivity contribution in [1.82, 2.24) is 0 Å². The molecule has 1 N–H and O–H groups in total. The summed E-state index contributed by atoms with van der Waals surface area (Å²) in [4.78, 5) is 0. The molecule has 2 saturated heterocycles. The summed E-state index contributed by atoms with van der Waals surface area (Å²) in [5, 5.41) is 9.31. The van der Waals surface area contributed by atoms with Gasteiger partial charge in [0.15, 0.2) is 6.29 Å². The lowest BCUT2D eigenvalue weighted by Crippen LogP contribution is -2.18. The molecule has 2 aliphatic rings. The molecule has 1 unspecified atom stereocenters. The highest BCUT2D eigenvalue weighted by Gasteiger charge is 2.43. The van der Waals surface area contributed by atoms with E-state index in [0.29, 0.717) is 19.6 Å². The molecule has 2 heterocycles. The van der Waals surface area contributed by atoms with Gasteiger partial charge in [-0.1, -0.05) is 30.3 Å². The van der Waals surface area contributed by atoms with Gasteiger partial charge in [-0.15, -0.1) is 0 Å². The third-order valence-corrected chi connectivity index (χ3v) is 3.46. The van der Waals surface area contributed by atoms with Gasteiger partial charge in [0.05, 0.1) is 31.5 Å². The topological polar surface area (TPSA) is 47.9 Å². The fourth-order valence-corrected chi connectivity index (χ4v) is 2.60. The minimum absolute atomic E-state index is 0.0466. The van der Waals surface area contributed by atoms with Gasteiger partial charge in [-0.3, -0.25) is 0 Å². The van der Waals surface area contributed by atoms with Gasteiger partial charge < -0.3 is 19.3 Å². The highest BCUT2D eigenvalue weighted by molar-refractivity contribution is 5.13. The highest BCUT2D eigenvalue weighted by atomic mass is 16.6. The third-order valence-electron chi connectivity index (χ3n) is 3.46. The summed E-state index contributed by atoms with van der Waals surface area (Å²) in [6, 6.07) is 10.1. The molecule has 4 heteroatoms. The van der Waals surface area contributed by atoms with Crippen molar-refractivity contribution in [3.05, 3.63) is 35.9 Å². The molecule has 4 atom stereocenters. The van der Waals surface area contributed by atoms with Crippen LogP contribution in [0.25, 0.3) is 0 Å². The maximum Gasteiger partial charge on any atom is 0.157 e. The molecule has 0 saturated carbocycles. The Bertz CT molecular complexity index is 367. The number of benzene rings is 1. The van der Waals surface area contributed by atoms with Crippen molar-refractivity contribution in [2.24, 2.45) is 0 Å². The van der Waals surface area contributed by atoms with Crippen molar-refractivity contribution in [2.45, 2.75) is 44.1 Å². The van der Waals surface area contributed by atoms with E-state index < -0.39 is 6.29 Å². The van der Waals surface area contributed by atoms with Gasteiger partial charge in [0, 0.05) is 12.8 Å². The second-order valence-corrected chi connectivity index (χ2v) is 4.90. The summed E-state index contributed by atoms with van der Waals surface area (Å²) >= 11 is 0. The van der Waals surface area contributed by atoms with Gasteiger partial charge in [0.1, 0.15) is 0 Å². The quantitative estimate of drug-likeness (QED) is 0.879. The minimum atomic E-state index is -0.647. The number of hydrogen-bond acceptors (Lipinski definition) is 4. The zero-order valence-corrected chi connectivity index (χ0v) is 10.2. The Morgan fingerprint density at radius 2 is 1.89 bits per heavy atom. The Morgan fingerprint density at radius 1 is 1.11 bits per heavy atom. The summed E-state index contributed by atoms with van der Waals surface area (Å²) < 4.78 is 16.8. The number of aliphatic hydroxyl groups excluding tert-OH is 1. The van der Waals surface area contributed by atoms with Gasteiger partial charge in [-0.2, -0.15) is 0 Å². The molecule has 1 aromatic carbocycles. The molecule has 0 aliphatic carbocycles. The first-order chi connectivity index (χ1) is 8.81. The first-order valence-corrected chi connectivity index (χ1v) is 6.42. The van der Waals surface area contributed by atoms with Crippen LogP contribution in [-0.4, -0.2) is 36.3 Å². The summed E-state index contributed by atoms with van der Waals surface area (Å²) in [5.74, 6) is 0. The van der Waals surface area contributed by atoms with Crippen LogP contribution >= 0.6 is 0 Å². The predicted molar refractivity (Wildman–Crippen MR) is 64.9 cm³/mol. The van der Waals surface area contributed by atoms with Crippen LogP contribution in [0.3, 0.4) is 0 Å². The van der Waals surface area contributed by atoms with Gasteiger partial charge in [0.2, 0.25) is 0 Å². The Kier molecular flexibility index (Phi) is 3.61. The minimum Gasteiger partial charge on any atom is -0.374 e. The average molecular weight is 250 g/mol. The predicted octanol–water partition coefficient (Wildman–Crippen LogP) is 1.47. The zero-order valence-electron chi connectivity index (χ0n) is 10.2. The van der Waals surface area contributed by atoms with Crippen LogP contribution in [0.4, 0.5) is 0 Å². The van der Waals surface area contributed by atoms with Crippen molar-refractivity contribution in [3.63, 3.8) is 0 Å². The van der Waals surface area contributed by atoms with Crippen molar-refractivity contribution in [2.75, 3.05) is 6.61 Å². The summed E-state index contributed by atoms with van der Waals surface area (Å²) in [6.07, 6.45) is 0.939. The number of rotatable bonds is 4. The van der Waals surface area contributed by atoms with Crippen LogP contribution in [-0.2, 0) is 20.8 Å². The van der Waals surface area contributed by atoms with Crippen molar-refractivity contribution >= 4 is 0 Å². The molecule has 4 nitrogen and oxygen atoms in total. The average Bonchev–Trinajstić information content (AvgIpc) is 2.87. The summed E-state index contributed by atoms with van der Waals surface area (Å²) in [6.45, 7) is 1.20. The molecule has 2 fully saturated rings. The van der Waals surface area contributed by atoms with E-state index in [1.54, 1.807) is 0 Å². The molecule has 3 rings (SSSR count). The Labute approximate surface area is 106 Å².